The molecule has 0 aliphatic heterocycles. The van der Waals surface area contributed by atoms with Crippen LogP contribution in [-0.4, -0.2) is 28.0 Å². The molecule has 0 atom stereocenters. The van der Waals surface area contributed by atoms with Gasteiger partial charge in [0, 0.05) is 13.2 Å². The van der Waals surface area contributed by atoms with Crippen LogP contribution in [0.2, 0.25) is 0 Å². The van der Waals surface area contributed by atoms with Gasteiger partial charge in [-0.2, -0.15) is 5.26 Å². The zero-order valence-corrected chi connectivity index (χ0v) is 10.7. The molecule has 1 heterocycles. The Morgan fingerprint density at radius 1 is 1.21 bits per heavy atom. The first kappa shape index (κ1) is 13.2. The van der Waals surface area contributed by atoms with Crippen molar-refractivity contribution in [3.63, 3.8) is 0 Å². The van der Waals surface area contributed by atoms with Crippen LogP contribution in [0.3, 0.4) is 0 Å². The number of rotatable bonds is 7. The smallest absolute Gasteiger partial charge is 0.252 e. The second-order valence-corrected chi connectivity index (χ2v) is 4.14. The summed E-state index contributed by atoms with van der Waals surface area (Å²) in [5.41, 5.74) is 1.29. The molecule has 0 N–H and O–H groups in total. The third-order valence-electron chi connectivity index (χ3n) is 2.69. The maximum absolute atomic E-state index is 8.59. The van der Waals surface area contributed by atoms with Crippen LogP contribution in [0.25, 0.3) is 0 Å². The van der Waals surface area contributed by atoms with Gasteiger partial charge in [0.05, 0.1) is 6.61 Å². The molecule has 19 heavy (non-hydrogen) atoms. The van der Waals surface area contributed by atoms with Gasteiger partial charge in [0.2, 0.25) is 0 Å². The number of hydrogen-bond acceptors (Lipinski definition) is 4. The fourth-order valence-corrected chi connectivity index (χ4v) is 1.72. The minimum Gasteiger partial charge on any atom is -0.381 e. The highest BCUT2D eigenvalue weighted by atomic mass is 16.5. The Kier molecular flexibility index (Phi) is 5.08. The van der Waals surface area contributed by atoms with Crippen LogP contribution in [0.4, 0.5) is 0 Å². The van der Waals surface area contributed by atoms with E-state index in [4.69, 9.17) is 10.00 Å². The van der Waals surface area contributed by atoms with Gasteiger partial charge in [-0.1, -0.05) is 30.3 Å². The van der Waals surface area contributed by atoms with Gasteiger partial charge in [0.15, 0.2) is 0 Å². The number of nitriles is 1. The largest absolute Gasteiger partial charge is 0.381 e. The van der Waals surface area contributed by atoms with Gasteiger partial charge in [-0.25, -0.2) is 4.98 Å². The molecule has 0 amide bonds. The highest BCUT2D eigenvalue weighted by Crippen LogP contribution is 2.00. The molecule has 0 fully saturated rings. The predicted molar refractivity (Wildman–Crippen MR) is 70.3 cm³/mol. The minimum atomic E-state index is 0.213. The third kappa shape index (κ3) is 4.53. The van der Waals surface area contributed by atoms with Crippen LogP contribution in [0.1, 0.15) is 17.8 Å². The van der Waals surface area contributed by atoms with Crippen molar-refractivity contribution >= 4 is 0 Å². The average molecular weight is 256 g/mol. The number of hydrogen-bond donors (Lipinski definition) is 0. The molecule has 98 valence electrons. The molecule has 0 saturated heterocycles. The maximum Gasteiger partial charge on any atom is 0.252 e. The molecule has 0 aliphatic rings. The van der Waals surface area contributed by atoms with Crippen molar-refractivity contribution < 1.29 is 4.74 Å². The van der Waals surface area contributed by atoms with E-state index in [0.717, 1.165) is 26.0 Å². The van der Waals surface area contributed by atoms with Gasteiger partial charge in [-0.15, -0.1) is 5.10 Å². The van der Waals surface area contributed by atoms with Gasteiger partial charge >= 0.3 is 0 Å². The molecule has 2 aromatic rings. The van der Waals surface area contributed by atoms with Crippen molar-refractivity contribution in [2.24, 2.45) is 0 Å². The molecular weight excluding hydrogens is 240 g/mol. The molecule has 5 nitrogen and oxygen atoms in total. The van der Waals surface area contributed by atoms with E-state index in [1.165, 1.54) is 5.56 Å². The summed E-state index contributed by atoms with van der Waals surface area (Å²) in [6, 6.07) is 12.2. The Bertz CT molecular complexity index is 530. The summed E-state index contributed by atoms with van der Waals surface area (Å²) in [6.45, 7) is 2.14. The fraction of sp³-hybridized carbons (Fsp3) is 0.357. The third-order valence-corrected chi connectivity index (χ3v) is 2.69. The van der Waals surface area contributed by atoms with Crippen LogP contribution in [-0.2, 0) is 17.7 Å². The molecule has 0 saturated carbocycles. The van der Waals surface area contributed by atoms with Gasteiger partial charge in [-0.3, -0.25) is 4.68 Å². The van der Waals surface area contributed by atoms with E-state index in [2.05, 4.69) is 22.2 Å². The van der Waals surface area contributed by atoms with Crippen molar-refractivity contribution in [3.8, 4) is 6.07 Å². The van der Waals surface area contributed by atoms with E-state index in [1.54, 1.807) is 11.0 Å². The van der Waals surface area contributed by atoms with Crippen LogP contribution < -0.4 is 0 Å². The first-order valence-corrected chi connectivity index (χ1v) is 6.30. The normalized spacial score (nSPS) is 10.3. The summed E-state index contributed by atoms with van der Waals surface area (Å²) < 4.78 is 7.23. The molecule has 1 aromatic carbocycles. The zero-order chi connectivity index (χ0) is 13.3. The number of aromatic nitrogens is 3. The van der Waals surface area contributed by atoms with Gasteiger partial charge < -0.3 is 4.74 Å². The lowest BCUT2D eigenvalue weighted by molar-refractivity contribution is 0.131. The summed E-state index contributed by atoms with van der Waals surface area (Å²) in [4.78, 5) is 3.84. The lowest BCUT2D eigenvalue weighted by Gasteiger charge is -2.04. The zero-order valence-electron chi connectivity index (χ0n) is 10.7. The number of nitrogens with zero attached hydrogens (tertiary/aromatic N) is 4. The van der Waals surface area contributed by atoms with E-state index in [9.17, 15) is 0 Å². The molecule has 0 radical (unpaired) electrons. The summed E-state index contributed by atoms with van der Waals surface area (Å²) in [5, 5.41) is 12.6. The number of ether oxygens (including phenoxy) is 1. The van der Waals surface area contributed by atoms with Gasteiger partial charge in [0.1, 0.15) is 12.4 Å². The molecule has 0 spiro atoms. The fourth-order valence-electron chi connectivity index (χ4n) is 1.72. The quantitative estimate of drug-likeness (QED) is 0.709. The van der Waals surface area contributed by atoms with Crippen molar-refractivity contribution in [3.05, 3.63) is 48.0 Å². The molecule has 0 bridgehead atoms. The Labute approximate surface area is 112 Å². The van der Waals surface area contributed by atoms with E-state index in [0.29, 0.717) is 6.61 Å². The Hall–Kier alpha value is -2.19. The van der Waals surface area contributed by atoms with Crippen molar-refractivity contribution in [1.29, 1.82) is 5.26 Å². The minimum absolute atomic E-state index is 0.213. The summed E-state index contributed by atoms with van der Waals surface area (Å²) >= 11 is 0. The molecule has 2 rings (SSSR count). The number of aryl methyl sites for hydroxylation is 1. The number of benzene rings is 1. The van der Waals surface area contributed by atoms with E-state index < -0.39 is 0 Å². The van der Waals surface area contributed by atoms with Crippen molar-refractivity contribution in [2.45, 2.75) is 19.4 Å². The predicted octanol–water partition coefficient (Wildman–Crippen LogP) is 1.80. The van der Waals surface area contributed by atoms with Gasteiger partial charge in [-0.05, 0) is 18.4 Å². The molecule has 0 aliphatic carbocycles. The maximum atomic E-state index is 8.59. The SMILES string of the molecule is N#Cc1ncn(CCCOCCc2ccccc2)n1. The Morgan fingerprint density at radius 3 is 2.79 bits per heavy atom. The lowest BCUT2D eigenvalue weighted by atomic mass is 10.2. The van der Waals surface area contributed by atoms with Crippen LogP contribution in [0.5, 0.6) is 0 Å². The van der Waals surface area contributed by atoms with E-state index >= 15 is 0 Å². The first-order chi connectivity index (χ1) is 9.38. The van der Waals surface area contributed by atoms with Crippen molar-refractivity contribution in [2.75, 3.05) is 13.2 Å². The van der Waals surface area contributed by atoms with Crippen LogP contribution >= 0.6 is 0 Å². The summed E-state index contributed by atoms with van der Waals surface area (Å²) in [6.07, 6.45) is 3.37. The lowest BCUT2D eigenvalue weighted by Crippen LogP contribution is -2.05. The first-order valence-electron chi connectivity index (χ1n) is 6.30. The Balaban J connectivity index is 1.56. The molecule has 1 aromatic heterocycles. The molecule has 0 unspecified atom stereocenters. The Morgan fingerprint density at radius 2 is 2.05 bits per heavy atom. The molecule has 5 heteroatoms. The standard InChI is InChI=1S/C14H16N4O/c15-11-14-16-12-18(17-14)8-4-9-19-10-7-13-5-2-1-3-6-13/h1-3,5-6,12H,4,7-10H2. The molecular formula is C14H16N4O. The highest BCUT2D eigenvalue weighted by molar-refractivity contribution is 5.14. The van der Waals surface area contributed by atoms with E-state index in [1.807, 2.05) is 24.3 Å². The second-order valence-electron chi connectivity index (χ2n) is 4.14. The van der Waals surface area contributed by atoms with Crippen LogP contribution in [0, 0.1) is 11.3 Å². The topological polar surface area (TPSA) is 63.7 Å². The van der Waals surface area contributed by atoms with Crippen molar-refractivity contribution in [1.82, 2.24) is 14.8 Å². The highest BCUT2D eigenvalue weighted by Gasteiger charge is 1.98. The average Bonchev–Trinajstić information content (AvgIpc) is 2.92. The second kappa shape index (κ2) is 7.29. The summed E-state index contributed by atoms with van der Waals surface area (Å²) in [7, 11) is 0. The van der Waals surface area contributed by atoms with E-state index in [-0.39, 0.29) is 5.82 Å². The van der Waals surface area contributed by atoms with Gasteiger partial charge in [0.25, 0.3) is 5.82 Å². The monoisotopic (exact) mass is 256 g/mol. The van der Waals surface area contributed by atoms with Crippen LogP contribution in [0.15, 0.2) is 36.7 Å². The summed E-state index contributed by atoms with van der Waals surface area (Å²) in [5.74, 6) is 0.213.